The average Bonchev–Trinajstić information content (AvgIpc) is 2.08. The van der Waals surface area contributed by atoms with Gasteiger partial charge < -0.3 is 8.23 Å². The number of hydrogen-bond donors (Lipinski definition) is 1. The third-order valence-corrected chi connectivity index (χ3v) is 28.5. The van der Waals surface area contributed by atoms with E-state index in [1.54, 1.807) is 0 Å². The number of rotatable bonds is 8. The molecule has 0 radical (unpaired) electrons. The summed E-state index contributed by atoms with van der Waals surface area (Å²) in [5.41, 5.74) is 0. The van der Waals surface area contributed by atoms with Crippen molar-refractivity contribution in [2.75, 3.05) is 5.75 Å². The van der Waals surface area contributed by atoms with Crippen LogP contribution in [0.25, 0.3) is 0 Å². The predicted octanol–water partition coefficient (Wildman–Crippen LogP) is 4.87. The molecule has 0 aromatic carbocycles. The Morgan fingerprint density at radius 3 is 1.58 bits per heavy atom. The first-order valence-electron chi connectivity index (χ1n) is 7.24. The summed E-state index contributed by atoms with van der Waals surface area (Å²) < 4.78 is 13.3. The number of thiol groups is 1. The van der Waals surface area contributed by atoms with E-state index in [9.17, 15) is 0 Å². The summed E-state index contributed by atoms with van der Waals surface area (Å²) in [5, 5.41) is 0. The van der Waals surface area contributed by atoms with Crippen LogP contribution in [0.4, 0.5) is 0 Å². The van der Waals surface area contributed by atoms with Crippen LogP contribution >= 0.6 is 12.6 Å². The highest BCUT2D eigenvalue weighted by molar-refractivity contribution is 7.80. The zero-order chi connectivity index (χ0) is 15.5. The summed E-state index contributed by atoms with van der Waals surface area (Å²) in [6.45, 7) is 21.2. The van der Waals surface area contributed by atoms with E-state index in [2.05, 4.69) is 71.6 Å². The second-order valence-electron chi connectivity index (χ2n) is 8.04. The summed E-state index contributed by atoms with van der Waals surface area (Å²) in [6.07, 6.45) is 1.10. The molecule has 0 aliphatic carbocycles. The van der Waals surface area contributed by atoms with E-state index in [4.69, 9.17) is 8.23 Å². The van der Waals surface area contributed by atoms with E-state index in [1.807, 2.05) is 0 Å². The summed E-state index contributed by atoms with van der Waals surface area (Å²) in [7, 11) is -6.45. The molecule has 0 amide bonds. The summed E-state index contributed by atoms with van der Waals surface area (Å²) in [5.74, 6) is 0.927. The Labute approximate surface area is 130 Å². The molecule has 0 bridgehead atoms. The second kappa shape index (κ2) is 6.93. The first-order valence-corrected chi connectivity index (χ1v) is 21.2. The molecule has 0 spiro atoms. The smallest absolute Gasteiger partial charge is 0.314 e. The minimum absolute atomic E-state index is 0.927. The minimum Gasteiger partial charge on any atom is -0.439 e. The van der Waals surface area contributed by atoms with Crippen LogP contribution in [-0.2, 0) is 8.23 Å². The Morgan fingerprint density at radius 1 is 0.789 bits per heavy atom. The molecule has 1 atom stereocenters. The van der Waals surface area contributed by atoms with Crippen LogP contribution in [0.15, 0.2) is 0 Å². The lowest BCUT2D eigenvalue weighted by atomic mass is 10.6. The monoisotopic (exact) mass is 354 g/mol. The molecule has 1 unspecified atom stereocenters. The Balaban J connectivity index is 5.05. The van der Waals surface area contributed by atoms with Gasteiger partial charge in [-0.25, -0.2) is 0 Å². The van der Waals surface area contributed by atoms with Gasteiger partial charge in [0.2, 0.25) is 0 Å². The van der Waals surface area contributed by atoms with Crippen molar-refractivity contribution in [1.82, 2.24) is 0 Å². The molecule has 0 saturated carbocycles. The van der Waals surface area contributed by atoms with Gasteiger partial charge >= 0.3 is 8.56 Å². The van der Waals surface area contributed by atoms with E-state index >= 15 is 0 Å². The van der Waals surface area contributed by atoms with E-state index < -0.39 is 32.3 Å². The van der Waals surface area contributed by atoms with Crippen LogP contribution in [0.2, 0.25) is 65.0 Å². The van der Waals surface area contributed by atoms with Crippen LogP contribution in [0.5, 0.6) is 0 Å². The molecular weight excluding hydrogens is 321 g/mol. The maximum atomic E-state index is 6.79. The van der Waals surface area contributed by atoms with Gasteiger partial charge in [-0.15, -0.1) is 0 Å². The van der Waals surface area contributed by atoms with Crippen LogP contribution in [0.3, 0.4) is 0 Å². The zero-order valence-corrected chi connectivity index (χ0v) is 19.3. The molecule has 0 aliphatic heterocycles. The van der Waals surface area contributed by atoms with Gasteiger partial charge in [0.15, 0.2) is 16.2 Å². The van der Waals surface area contributed by atoms with Gasteiger partial charge in [0.05, 0.1) is 7.59 Å². The van der Waals surface area contributed by atoms with Gasteiger partial charge in [0, 0.05) is 0 Å². The highest BCUT2D eigenvalue weighted by atomic mass is 32.1. The highest BCUT2D eigenvalue weighted by Gasteiger charge is 2.47. The van der Waals surface area contributed by atoms with Crippen molar-refractivity contribution >= 4 is 44.9 Å². The van der Waals surface area contributed by atoms with Gasteiger partial charge in [0.25, 0.3) is 0 Å². The largest absolute Gasteiger partial charge is 0.439 e. The van der Waals surface area contributed by atoms with Crippen LogP contribution in [0, 0.1) is 0 Å². The summed E-state index contributed by atoms with van der Waals surface area (Å²) in [6, 6.07) is 1.08. The maximum Gasteiger partial charge on any atom is 0.314 e. The Kier molecular flexibility index (Phi) is 7.35. The lowest BCUT2D eigenvalue weighted by Gasteiger charge is -2.44. The SMILES string of the molecule is C[Si](C)(C)O[Si](C)(CCCS)O[Si](C)(C)[Si](C)(C)C. The van der Waals surface area contributed by atoms with E-state index in [0.717, 1.165) is 18.2 Å². The van der Waals surface area contributed by atoms with Gasteiger partial charge in [0.1, 0.15) is 0 Å². The zero-order valence-electron chi connectivity index (χ0n) is 14.4. The fourth-order valence-corrected chi connectivity index (χ4v) is 19.9. The Hall–Kier alpha value is 1.14. The lowest BCUT2D eigenvalue weighted by Crippen LogP contribution is -2.62. The molecule has 7 heteroatoms. The Bertz CT molecular complexity index is 286. The summed E-state index contributed by atoms with van der Waals surface area (Å²) >= 11 is 4.35. The predicted molar refractivity (Wildman–Crippen MR) is 101 cm³/mol. The topological polar surface area (TPSA) is 18.5 Å². The van der Waals surface area contributed by atoms with Crippen molar-refractivity contribution in [3.05, 3.63) is 0 Å². The summed E-state index contributed by atoms with van der Waals surface area (Å²) in [4.78, 5) is 0. The van der Waals surface area contributed by atoms with Crippen molar-refractivity contribution in [3.8, 4) is 0 Å². The molecule has 19 heavy (non-hydrogen) atoms. The maximum absolute atomic E-state index is 6.79. The quantitative estimate of drug-likeness (QED) is 0.495. The number of hydrogen-bond acceptors (Lipinski definition) is 3. The standard InChI is InChI=1S/C12H34O2SSi4/c1-16(2,3)13-19(9,12-10-11-15)14-18(7,8)17(4,5)6/h15H,10-12H2,1-9H3. The molecule has 0 aromatic heterocycles. The molecular formula is C12H34O2SSi4. The van der Waals surface area contributed by atoms with Crippen LogP contribution in [0.1, 0.15) is 6.42 Å². The molecule has 2 nitrogen and oxygen atoms in total. The van der Waals surface area contributed by atoms with Gasteiger partial charge in [-0.05, 0) is 57.5 Å². The third kappa shape index (κ3) is 7.63. The molecule has 0 saturated heterocycles. The van der Waals surface area contributed by atoms with Crippen molar-refractivity contribution in [2.45, 2.75) is 71.4 Å². The molecule has 0 aromatic rings. The lowest BCUT2D eigenvalue weighted by molar-refractivity contribution is 0.387. The molecule has 0 rings (SSSR count). The third-order valence-electron chi connectivity index (χ3n) is 3.59. The van der Waals surface area contributed by atoms with Crippen LogP contribution in [-0.4, -0.2) is 38.1 Å². The van der Waals surface area contributed by atoms with Crippen molar-refractivity contribution < 1.29 is 8.23 Å². The van der Waals surface area contributed by atoms with E-state index in [1.165, 1.54) is 0 Å². The van der Waals surface area contributed by atoms with Crippen molar-refractivity contribution in [1.29, 1.82) is 0 Å². The highest BCUT2D eigenvalue weighted by Crippen LogP contribution is 2.29. The minimum atomic E-state index is -2.04. The molecule has 116 valence electrons. The van der Waals surface area contributed by atoms with Crippen molar-refractivity contribution in [3.63, 3.8) is 0 Å². The van der Waals surface area contributed by atoms with E-state index in [0.29, 0.717) is 0 Å². The Morgan fingerprint density at radius 2 is 1.26 bits per heavy atom. The molecule has 0 aliphatic rings. The average molecular weight is 355 g/mol. The van der Waals surface area contributed by atoms with Crippen molar-refractivity contribution in [2.24, 2.45) is 0 Å². The second-order valence-corrected chi connectivity index (χ2v) is 32.7. The van der Waals surface area contributed by atoms with Gasteiger partial charge in [-0.2, -0.15) is 12.6 Å². The van der Waals surface area contributed by atoms with Gasteiger partial charge in [-0.1, -0.05) is 19.6 Å². The van der Waals surface area contributed by atoms with Crippen LogP contribution < -0.4 is 0 Å². The first-order chi connectivity index (χ1) is 8.22. The van der Waals surface area contributed by atoms with E-state index in [-0.39, 0.29) is 0 Å². The fourth-order valence-electron chi connectivity index (χ4n) is 1.86. The normalized spacial score (nSPS) is 17.4. The first kappa shape index (κ1) is 20.1. The fraction of sp³-hybridized carbons (Fsp3) is 1.00. The molecule has 0 N–H and O–H groups in total. The molecule has 0 fully saturated rings. The van der Waals surface area contributed by atoms with Gasteiger partial charge in [-0.3, -0.25) is 0 Å². The molecule has 0 heterocycles.